The lowest BCUT2D eigenvalue weighted by molar-refractivity contribution is -0.146. The van der Waals surface area contributed by atoms with Crippen molar-refractivity contribution in [2.75, 3.05) is 13.2 Å². The van der Waals surface area contributed by atoms with Crippen LogP contribution in [0.1, 0.15) is 89.5 Å². The molecule has 182 valence electrons. The van der Waals surface area contributed by atoms with Crippen molar-refractivity contribution in [3.63, 3.8) is 0 Å². The minimum absolute atomic E-state index is 0.0766. The van der Waals surface area contributed by atoms with Crippen molar-refractivity contribution in [2.24, 2.45) is 5.73 Å². The zero-order chi connectivity index (χ0) is 23.4. The Morgan fingerprint density at radius 3 is 2.28 bits per heavy atom. The van der Waals surface area contributed by atoms with Crippen LogP contribution in [-0.4, -0.2) is 36.2 Å². The quantitative estimate of drug-likeness (QED) is 0.0914. The topological polar surface area (TPSA) is 120 Å². The van der Waals surface area contributed by atoms with E-state index in [9.17, 15) is 9.90 Å². The molecule has 0 heterocycles. The molecule has 1 atom stereocenters. The second-order valence-corrected chi connectivity index (χ2v) is 8.39. The first-order chi connectivity index (χ1) is 15.5. The van der Waals surface area contributed by atoms with Crippen molar-refractivity contribution in [3.8, 4) is 5.75 Å². The highest BCUT2D eigenvalue weighted by molar-refractivity contribution is 5.76. The molecule has 7 nitrogen and oxygen atoms in total. The van der Waals surface area contributed by atoms with Crippen molar-refractivity contribution in [2.45, 2.75) is 96.6 Å². The standard InChI is InChI=1S/C25H44N4O3/c1-2-3-4-5-6-7-8-9-10-13-19-32-24(31)22(16-14-18-28-25(26)27)29-20-21-15-11-12-17-23(21)30/h11-12,15,17,22,29-30H,2-10,13-14,16,18-20H2,1H3,(H4,26,27,28)/t22-/m0/s1. The fourth-order valence-electron chi connectivity index (χ4n) is 3.59. The van der Waals surface area contributed by atoms with Gasteiger partial charge in [-0.1, -0.05) is 82.9 Å². The largest absolute Gasteiger partial charge is 0.508 e. The number of nitrogens with two attached hydrogens (primary N) is 1. The van der Waals surface area contributed by atoms with Gasteiger partial charge in [0, 0.05) is 18.7 Å². The third-order valence-corrected chi connectivity index (χ3v) is 5.54. The van der Waals surface area contributed by atoms with Crippen LogP contribution in [0.15, 0.2) is 24.3 Å². The molecule has 0 spiro atoms. The number of benzene rings is 1. The second-order valence-electron chi connectivity index (χ2n) is 8.39. The van der Waals surface area contributed by atoms with Gasteiger partial charge in [-0.3, -0.25) is 10.2 Å². The number of aromatic hydroxyl groups is 1. The number of nitrogens with one attached hydrogen (secondary N) is 3. The summed E-state index contributed by atoms with van der Waals surface area (Å²) < 4.78 is 5.52. The highest BCUT2D eigenvalue weighted by atomic mass is 16.5. The number of guanidine groups is 1. The Labute approximate surface area is 194 Å². The number of hydrogen-bond donors (Lipinski definition) is 5. The third-order valence-electron chi connectivity index (χ3n) is 5.54. The molecule has 6 N–H and O–H groups in total. The molecule has 0 bridgehead atoms. The first-order valence-electron chi connectivity index (χ1n) is 12.3. The number of phenolic OH excluding ortho intramolecular Hbond substituents is 1. The van der Waals surface area contributed by atoms with Gasteiger partial charge in [0.05, 0.1) is 6.61 Å². The molecule has 7 heteroatoms. The Kier molecular flexibility index (Phi) is 15.9. The molecule has 0 unspecified atom stereocenters. The van der Waals surface area contributed by atoms with E-state index < -0.39 is 6.04 Å². The predicted octanol–water partition coefficient (Wildman–Crippen LogP) is 4.58. The fourth-order valence-corrected chi connectivity index (χ4v) is 3.59. The van der Waals surface area contributed by atoms with Crippen LogP contribution < -0.4 is 16.4 Å². The lowest BCUT2D eigenvalue weighted by Crippen LogP contribution is -2.39. The number of ether oxygens (including phenoxy) is 1. The van der Waals surface area contributed by atoms with Crippen LogP contribution in [0.2, 0.25) is 0 Å². The minimum Gasteiger partial charge on any atom is -0.508 e. The third kappa shape index (κ3) is 13.9. The maximum absolute atomic E-state index is 12.6. The van der Waals surface area contributed by atoms with Crippen LogP contribution in [0, 0.1) is 5.41 Å². The normalized spacial score (nSPS) is 11.8. The average Bonchev–Trinajstić information content (AvgIpc) is 2.77. The Bertz CT molecular complexity index is 639. The molecule has 0 fully saturated rings. The summed E-state index contributed by atoms with van der Waals surface area (Å²) in [7, 11) is 0. The number of carbonyl (C=O) groups excluding carboxylic acids is 1. The number of para-hydroxylation sites is 1. The van der Waals surface area contributed by atoms with Crippen LogP contribution >= 0.6 is 0 Å². The van der Waals surface area contributed by atoms with Gasteiger partial charge in [0.1, 0.15) is 11.8 Å². The molecule has 0 aliphatic heterocycles. The summed E-state index contributed by atoms with van der Waals surface area (Å²) in [6.45, 7) is 3.58. The summed E-state index contributed by atoms with van der Waals surface area (Å²) in [5.41, 5.74) is 6.05. The molecule has 0 saturated carbocycles. The van der Waals surface area contributed by atoms with E-state index in [0.29, 0.717) is 32.5 Å². The van der Waals surface area contributed by atoms with Crippen molar-refractivity contribution < 1.29 is 14.6 Å². The summed E-state index contributed by atoms with van der Waals surface area (Å²) in [4.78, 5) is 12.6. The number of esters is 1. The maximum Gasteiger partial charge on any atom is 0.323 e. The minimum atomic E-state index is -0.466. The van der Waals surface area contributed by atoms with Gasteiger partial charge in [0.2, 0.25) is 0 Å². The molecular formula is C25H44N4O3. The molecule has 1 rings (SSSR count). The van der Waals surface area contributed by atoms with Crippen molar-refractivity contribution in [1.29, 1.82) is 5.41 Å². The van der Waals surface area contributed by atoms with E-state index in [4.69, 9.17) is 15.9 Å². The summed E-state index contributed by atoms with van der Waals surface area (Å²) in [5, 5.41) is 23.1. The van der Waals surface area contributed by atoms with Gasteiger partial charge in [-0.2, -0.15) is 0 Å². The number of phenols is 1. The van der Waals surface area contributed by atoms with Gasteiger partial charge >= 0.3 is 5.97 Å². The summed E-state index contributed by atoms with van der Waals surface area (Å²) in [6.07, 6.45) is 13.6. The summed E-state index contributed by atoms with van der Waals surface area (Å²) in [6, 6.07) is 6.61. The molecule has 32 heavy (non-hydrogen) atoms. The monoisotopic (exact) mass is 448 g/mol. The van der Waals surface area contributed by atoms with Crippen LogP contribution in [0.3, 0.4) is 0 Å². The first-order valence-corrected chi connectivity index (χ1v) is 12.3. The summed E-state index contributed by atoms with van der Waals surface area (Å²) >= 11 is 0. The second kappa shape index (κ2) is 18.3. The van der Waals surface area contributed by atoms with Crippen LogP contribution in [0.5, 0.6) is 5.75 Å². The van der Waals surface area contributed by atoms with Crippen LogP contribution in [0.4, 0.5) is 0 Å². The number of carbonyl (C=O) groups is 1. The van der Waals surface area contributed by atoms with Gasteiger partial charge in [-0.05, 0) is 25.3 Å². The zero-order valence-electron chi connectivity index (χ0n) is 19.8. The summed E-state index contributed by atoms with van der Waals surface area (Å²) in [5.74, 6) is -0.137. The van der Waals surface area contributed by atoms with Crippen molar-refractivity contribution in [1.82, 2.24) is 10.6 Å². The smallest absolute Gasteiger partial charge is 0.323 e. The molecule has 1 aromatic rings. The molecule has 0 aromatic heterocycles. The molecule has 0 radical (unpaired) electrons. The van der Waals surface area contributed by atoms with E-state index in [0.717, 1.165) is 18.4 Å². The number of hydrogen-bond acceptors (Lipinski definition) is 5. The Morgan fingerprint density at radius 1 is 1.03 bits per heavy atom. The highest BCUT2D eigenvalue weighted by Gasteiger charge is 2.19. The van der Waals surface area contributed by atoms with Crippen LogP contribution in [-0.2, 0) is 16.1 Å². The molecule has 0 aliphatic carbocycles. The lowest BCUT2D eigenvalue weighted by atomic mass is 10.1. The fraction of sp³-hybridized carbons (Fsp3) is 0.680. The first kappa shape index (κ1) is 27.8. The van der Waals surface area contributed by atoms with Crippen molar-refractivity contribution in [3.05, 3.63) is 29.8 Å². The van der Waals surface area contributed by atoms with Gasteiger partial charge in [0.15, 0.2) is 5.96 Å². The average molecular weight is 449 g/mol. The SMILES string of the molecule is CCCCCCCCCCCCOC(=O)[C@H](CCCNC(=N)N)NCc1ccccc1O. The molecule has 0 saturated heterocycles. The van der Waals surface area contributed by atoms with Crippen molar-refractivity contribution >= 4 is 11.9 Å². The highest BCUT2D eigenvalue weighted by Crippen LogP contribution is 2.16. The Morgan fingerprint density at radius 2 is 1.66 bits per heavy atom. The van der Waals surface area contributed by atoms with E-state index >= 15 is 0 Å². The van der Waals surface area contributed by atoms with E-state index in [1.54, 1.807) is 12.1 Å². The van der Waals surface area contributed by atoms with Gasteiger partial charge < -0.3 is 26.2 Å². The predicted molar refractivity (Wildman–Crippen MR) is 131 cm³/mol. The Hall–Kier alpha value is -2.28. The van der Waals surface area contributed by atoms with Gasteiger partial charge in [-0.25, -0.2) is 0 Å². The molecular weight excluding hydrogens is 404 g/mol. The molecule has 0 amide bonds. The van der Waals surface area contributed by atoms with E-state index in [1.165, 1.54) is 51.4 Å². The van der Waals surface area contributed by atoms with E-state index in [1.807, 2.05) is 12.1 Å². The molecule has 1 aromatic carbocycles. The Balaban J connectivity index is 2.28. The van der Waals surface area contributed by atoms with E-state index in [-0.39, 0.29) is 17.7 Å². The van der Waals surface area contributed by atoms with Gasteiger partial charge in [-0.15, -0.1) is 0 Å². The molecule has 0 aliphatic rings. The van der Waals surface area contributed by atoms with Crippen LogP contribution in [0.25, 0.3) is 0 Å². The maximum atomic E-state index is 12.6. The van der Waals surface area contributed by atoms with Gasteiger partial charge in [0.25, 0.3) is 0 Å². The van der Waals surface area contributed by atoms with E-state index in [2.05, 4.69) is 17.6 Å². The number of rotatable bonds is 19. The lowest BCUT2D eigenvalue weighted by Gasteiger charge is -2.18. The number of unbranched alkanes of at least 4 members (excludes halogenated alkanes) is 9. The zero-order valence-corrected chi connectivity index (χ0v) is 19.8.